The largest absolute Gasteiger partial charge is 0.339 e. The molecule has 0 aliphatic carbocycles. The highest BCUT2D eigenvalue weighted by molar-refractivity contribution is 5.76. The number of likely N-dealkylation sites (tertiary alicyclic amines) is 1. The Balaban J connectivity index is 2.02. The van der Waals surface area contributed by atoms with E-state index in [9.17, 15) is 9.18 Å². The fourth-order valence-electron chi connectivity index (χ4n) is 2.47. The summed E-state index contributed by atoms with van der Waals surface area (Å²) in [5.41, 5.74) is 1.10. The van der Waals surface area contributed by atoms with E-state index in [1.165, 1.54) is 12.1 Å². The molecule has 1 aliphatic rings. The van der Waals surface area contributed by atoms with E-state index in [4.69, 9.17) is 0 Å². The highest BCUT2D eigenvalue weighted by Crippen LogP contribution is 2.22. The number of rotatable bonds is 3. The predicted octanol–water partition coefficient (Wildman–Crippen LogP) is 2.77. The van der Waals surface area contributed by atoms with Crippen molar-refractivity contribution in [2.45, 2.75) is 38.6 Å². The zero-order chi connectivity index (χ0) is 12.3. The minimum Gasteiger partial charge on any atom is -0.339 e. The second kappa shape index (κ2) is 5.30. The Labute approximate surface area is 101 Å². The normalized spacial score (nSPS) is 19.6. The molecule has 1 aromatic rings. The molecule has 2 rings (SSSR count). The number of amides is 1. The first-order valence-corrected chi connectivity index (χ1v) is 6.24. The Morgan fingerprint density at radius 1 is 1.41 bits per heavy atom. The number of nitrogens with zero attached hydrogens (tertiary/aromatic N) is 1. The van der Waals surface area contributed by atoms with Crippen LogP contribution in [0.2, 0.25) is 0 Å². The van der Waals surface area contributed by atoms with Crippen LogP contribution >= 0.6 is 0 Å². The molecule has 1 amide bonds. The lowest BCUT2D eigenvalue weighted by atomic mass is 10.0. The summed E-state index contributed by atoms with van der Waals surface area (Å²) < 4.78 is 12.8. The summed E-state index contributed by atoms with van der Waals surface area (Å²) in [5.74, 6) is 0.0243. The van der Waals surface area contributed by atoms with Crippen molar-refractivity contribution in [3.8, 4) is 0 Å². The van der Waals surface area contributed by atoms with Crippen molar-refractivity contribution < 1.29 is 9.18 Å². The number of carbonyl (C=O) groups is 1. The molecule has 1 aromatic carbocycles. The summed E-state index contributed by atoms with van der Waals surface area (Å²) >= 11 is 0. The Hall–Kier alpha value is -1.38. The highest BCUT2D eigenvalue weighted by atomic mass is 19.1. The first-order chi connectivity index (χ1) is 8.20. The van der Waals surface area contributed by atoms with Crippen LogP contribution in [-0.2, 0) is 11.2 Å². The molecule has 3 heteroatoms. The maximum Gasteiger partial charge on any atom is 0.222 e. The molecule has 0 spiro atoms. The van der Waals surface area contributed by atoms with Crippen molar-refractivity contribution in [1.82, 2.24) is 4.90 Å². The van der Waals surface area contributed by atoms with Gasteiger partial charge in [-0.05, 0) is 37.0 Å². The van der Waals surface area contributed by atoms with Gasteiger partial charge in [0.2, 0.25) is 5.91 Å². The maximum atomic E-state index is 12.8. The van der Waals surface area contributed by atoms with Crippen molar-refractivity contribution in [3.05, 3.63) is 35.6 Å². The molecule has 0 aromatic heterocycles. The van der Waals surface area contributed by atoms with Crippen LogP contribution in [0.25, 0.3) is 0 Å². The molecule has 1 fully saturated rings. The van der Waals surface area contributed by atoms with E-state index >= 15 is 0 Å². The molecule has 1 aliphatic heterocycles. The fraction of sp³-hybridized carbons (Fsp3) is 0.500. The number of halogens is 1. The first-order valence-electron chi connectivity index (χ1n) is 6.24. The monoisotopic (exact) mass is 235 g/mol. The van der Waals surface area contributed by atoms with Gasteiger partial charge in [-0.2, -0.15) is 0 Å². The lowest BCUT2D eigenvalue weighted by Crippen LogP contribution is -2.36. The van der Waals surface area contributed by atoms with Crippen LogP contribution in [0.1, 0.15) is 31.7 Å². The zero-order valence-corrected chi connectivity index (χ0v) is 10.2. The molecule has 0 N–H and O–H groups in total. The van der Waals surface area contributed by atoms with Crippen LogP contribution in [0, 0.1) is 5.82 Å². The van der Waals surface area contributed by atoms with E-state index in [1.54, 1.807) is 0 Å². The summed E-state index contributed by atoms with van der Waals surface area (Å²) in [4.78, 5) is 13.7. The number of hydrogen-bond donors (Lipinski definition) is 0. The summed E-state index contributed by atoms with van der Waals surface area (Å²) in [5, 5.41) is 0. The van der Waals surface area contributed by atoms with Crippen molar-refractivity contribution in [2.24, 2.45) is 0 Å². The maximum absolute atomic E-state index is 12.8. The molecular weight excluding hydrogens is 217 g/mol. The third-order valence-corrected chi connectivity index (χ3v) is 3.38. The predicted molar refractivity (Wildman–Crippen MR) is 65.1 cm³/mol. The van der Waals surface area contributed by atoms with Crippen molar-refractivity contribution in [3.63, 3.8) is 0 Å². The third kappa shape index (κ3) is 2.84. The van der Waals surface area contributed by atoms with Gasteiger partial charge in [-0.1, -0.05) is 19.1 Å². The lowest BCUT2D eigenvalue weighted by molar-refractivity contribution is -0.131. The van der Waals surface area contributed by atoms with Crippen molar-refractivity contribution in [1.29, 1.82) is 0 Å². The molecule has 1 unspecified atom stereocenters. The van der Waals surface area contributed by atoms with Gasteiger partial charge in [-0.3, -0.25) is 4.79 Å². The van der Waals surface area contributed by atoms with Crippen LogP contribution in [0.4, 0.5) is 4.39 Å². The van der Waals surface area contributed by atoms with Gasteiger partial charge in [0.25, 0.3) is 0 Å². The van der Waals surface area contributed by atoms with E-state index in [1.807, 2.05) is 24.0 Å². The molecule has 17 heavy (non-hydrogen) atoms. The van der Waals surface area contributed by atoms with Gasteiger partial charge in [0.15, 0.2) is 0 Å². The Morgan fingerprint density at radius 2 is 2.12 bits per heavy atom. The minimum atomic E-state index is -0.207. The molecule has 0 radical (unpaired) electrons. The lowest BCUT2D eigenvalue weighted by Gasteiger charge is -2.24. The van der Waals surface area contributed by atoms with Gasteiger partial charge in [0.05, 0.1) is 0 Å². The average molecular weight is 235 g/mol. The van der Waals surface area contributed by atoms with E-state index < -0.39 is 0 Å². The fourth-order valence-corrected chi connectivity index (χ4v) is 2.47. The van der Waals surface area contributed by atoms with Crippen LogP contribution in [0.5, 0.6) is 0 Å². The Bertz CT molecular complexity index is 388. The summed E-state index contributed by atoms with van der Waals surface area (Å²) in [7, 11) is 0. The van der Waals surface area contributed by atoms with Crippen LogP contribution in [-0.4, -0.2) is 23.4 Å². The van der Waals surface area contributed by atoms with Gasteiger partial charge < -0.3 is 4.90 Å². The van der Waals surface area contributed by atoms with Crippen LogP contribution < -0.4 is 0 Å². The van der Waals surface area contributed by atoms with Gasteiger partial charge in [0, 0.05) is 19.0 Å². The first kappa shape index (κ1) is 12.1. The van der Waals surface area contributed by atoms with E-state index in [0.717, 1.165) is 31.4 Å². The van der Waals surface area contributed by atoms with E-state index in [2.05, 4.69) is 0 Å². The topological polar surface area (TPSA) is 20.3 Å². The summed E-state index contributed by atoms with van der Waals surface area (Å²) in [6, 6.07) is 6.88. The second-order valence-corrected chi connectivity index (χ2v) is 4.57. The SMILES string of the molecule is CCC(=O)N1CCCC1Cc1ccc(F)cc1. The molecule has 1 saturated heterocycles. The van der Waals surface area contributed by atoms with Crippen LogP contribution in [0.15, 0.2) is 24.3 Å². The number of benzene rings is 1. The number of hydrogen-bond acceptors (Lipinski definition) is 1. The molecule has 0 saturated carbocycles. The standard InChI is InChI=1S/C14H18FNO/c1-2-14(17)16-9-3-4-13(16)10-11-5-7-12(15)8-6-11/h5-8,13H,2-4,9-10H2,1H3. The Morgan fingerprint density at radius 3 is 2.76 bits per heavy atom. The van der Waals surface area contributed by atoms with Crippen LogP contribution in [0.3, 0.4) is 0 Å². The van der Waals surface area contributed by atoms with Gasteiger partial charge in [-0.25, -0.2) is 4.39 Å². The van der Waals surface area contributed by atoms with Crippen molar-refractivity contribution in [2.75, 3.05) is 6.54 Å². The van der Waals surface area contributed by atoms with Crippen molar-refractivity contribution >= 4 is 5.91 Å². The molecule has 1 atom stereocenters. The van der Waals surface area contributed by atoms with Gasteiger partial charge in [0.1, 0.15) is 5.82 Å². The minimum absolute atomic E-state index is 0.207. The average Bonchev–Trinajstić information content (AvgIpc) is 2.79. The molecular formula is C14H18FNO. The van der Waals surface area contributed by atoms with E-state index in [0.29, 0.717) is 12.5 Å². The summed E-state index contributed by atoms with van der Waals surface area (Å²) in [6.45, 7) is 2.77. The third-order valence-electron chi connectivity index (χ3n) is 3.38. The molecule has 0 bridgehead atoms. The van der Waals surface area contributed by atoms with Gasteiger partial charge >= 0.3 is 0 Å². The van der Waals surface area contributed by atoms with E-state index in [-0.39, 0.29) is 11.7 Å². The highest BCUT2D eigenvalue weighted by Gasteiger charge is 2.27. The second-order valence-electron chi connectivity index (χ2n) is 4.57. The zero-order valence-electron chi connectivity index (χ0n) is 10.2. The summed E-state index contributed by atoms with van der Waals surface area (Å²) in [6.07, 6.45) is 3.55. The molecule has 92 valence electrons. The van der Waals surface area contributed by atoms with Gasteiger partial charge in [-0.15, -0.1) is 0 Å². The number of carbonyl (C=O) groups excluding carboxylic acids is 1. The molecule has 2 nitrogen and oxygen atoms in total. The molecule has 1 heterocycles. The quantitative estimate of drug-likeness (QED) is 0.789. The smallest absolute Gasteiger partial charge is 0.222 e. The Kier molecular flexibility index (Phi) is 3.77.